The molecule has 0 amide bonds. The molecule has 136 valence electrons. The standard InChI is InChI=1S/C18H18N2O5S/c1-3-10-20-15-11-13(18(21)24-4-2)12-16(26(19,22)23)17(15)25-14-8-6-5-7-9-14/h1,5-9,11-12,20H,4,10H2,2H3,(H2,19,22,23). The quantitative estimate of drug-likeness (QED) is 0.569. The van der Waals surface area contributed by atoms with E-state index in [1.807, 2.05) is 0 Å². The average Bonchev–Trinajstić information content (AvgIpc) is 2.60. The molecule has 0 aromatic heterocycles. The van der Waals surface area contributed by atoms with Gasteiger partial charge in [0.15, 0.2) is 5.75 Å². The van der Waals surface area contributed by atoms with E-state index in [-0.39, 0.29) is 35.0 Å². The zero-order valence-electron chi connectivity index (χ0n) is 14.1. The van der Waals surface area contributed by atoms with Gasteiger partial charge in [-0.15, -0.1) is 6.42 Å². The summed E-state index contributed by atoms with van der Waals surface area (Å²) in [4.78, 5) is 11.7. The minimum Gasteiger partial charge on any atom is -0.462 e. The predicted octanol–water partition coefficient (Wildman–Crippen LogP) is 2.35. The summed E-state index contributed by atoms with van der Waals surface area (Å²) in [6, 6.07) is 11.1. The third-order valence-electron chi connectivity index (χ3n) is 3.22. The van der Waals surface area contributed by atoms with E-state index in [2.05, 4.69) is 11.2 Å². The molecule has 0 spiro atoms. The largest absolute Gasteiger partial charge is 0.462 e. The molecule has 0 fully saturated rings. The van der Waals surface area contributed by atoms with Gasteiger partial charge in [0.05, 0.1) is 24.4 Å². The number of sulfonamides is 1. The average molecular weight is 374 g/mol. The van der Waals surface area contributed by atoms with Crippen molar-refractivity contribution in [1.82, 2.24) is 0 Å². The maximum atomic E-state index is 12.1. The molecule has 2 aromatic rings. The Bertz CT molecular complexity index is 934. The van der Waals surface area contributed by atoms with Crippen molar-refractivity contribution >= 4 is 21.7 Å². The number of rotatable bonds is 7. The molecule has 0 saturated heterocycles. The van der Waals surface area contributed by atoms with Crippen molar-refractivity contribution in [3.8, 4) is 23.8 Å². The summed E-state index contributed by atoms with van der Waals surface area (Å²) < 4.78 is 34.8. The summed E-state index contributed by atoms with van der Waals surface area (Å²) in [5.74, 6) is 2.03. The lowest BCUT2D eigenvalue weighted by Crippen LogP contribution is -2.16. The minimum absolute atomic E-state index is 0.0100. The number of esters is 1. The second kappa shape index (κ2) is 8.38. The molecule has 3 N–H and O–H groups in total. The monoisotopic (exact) mass is 374 g/mol. The van der Waals surface area contributed by atoms with Gasteiger partial charge in [0.2, 0.25) is 10.0 Å². The fourth-order valence-electron chi connectivity index (χ4n) is 2.14. The van der Waals surface area contributed by atoms with Gasteiger partial charge in [-0.05, 0) is 31.2 Å². The van der Waals surface area contributed by atoms with E-state index in [0.717, 1.165) is 6.07 Å². The Kier molecular flexibility index (Phi) is 6.22. The van der Waals surface area contributed by atoms with E-state index in [0.29, 0.717) is 5.75 Å². The molecule has 2 rings (SSSR count). The first-order chi connectivity index (χ1) is 12.4. The van der Waals surface area contributed by atoms with Crippen LogP contribution in [0.1, 0.15) is 17.3 Å². The maximum absolute atomic E-state index is 12.1. The Balaban J connectivity index is 2.65. The normalized spacial score (nSPS) is 10.7. The molecule has 0 heterocycles. The third kappa shape index (κ3) is 4.75. The van der Waals surface area contributed by atoms with Crippen molar-refractivity contribution in [2.75, 3.05) is 18.5 Å². The first-order valence-corrected chi connectivity index (χ1v) is 9.19. The lowest BCUT2D eigenvalue weighted by Gasteiger charge is -2.17. The van der Waals surface area contributed by atoms with Crippen molar-refractivity contribution in [2.45, 2.75) is 11.8 Å². The molecule has 0 saturated carbocycles. The van der Waals surface area contributed by atoms with E-state index in [4.69, 9.17) is 21.0 Å². The molecule has 0 aliphatic carbocycles. The number of hydrogen-bond acceptors (Lipinski definition) is 6. The van der Waals surface area contributed by atoms with E-state index in [1.54, 1.807) is 37.3 Å². The predicted molar refractivity (Wildman–Crippen MR) is 97.6 cm³/mol. The molecule has 8 heteroatoms. The van der Waals surface area contributed by atoms with Gasteiger partial charge in [0.1, 0.15) is 10.6 Å². The van der Waals surface area contributed by atoms with Crippen LogP contribution in [0.4, 0.5) is 5.69 Å². The zero-order valence-corrected chi connectivity index (χ0v) is 14.9. The van der Waals surface area contributed by atoms with Gasteiger partial charge in [0.25, 0.3) is 0 Å². The summed E-state index contributed by atoms with van der Waals surface area (Å²) in [6.45, 7) is 1.86. The van der Waals surface area contributed by atoms with E-state index in [1.165, 1.54) is 6.07 Å². The van der Waals surface area contributed by atoms with Gasteiger partial charge >= 0.3 is 5.97 Å². The molecular formula is C18H18N2O5S. The smallest absolute Gasteiger partial charge is 0.338 e. The Labute approximate surface area is 152 Å². The lowest BCUT2D eigenvalue weighted by atomic mass is 10.1. The lowest BCUT2D eigenvalue weighted by molar-refractivity contribution is 0.0526. The van der Waals surface area contributed by atoms with E-state index >= 15 is 0 Å². The number of ether oxygens (including phenoxy) is 2. The van der Waals surface area contributed by atoms with Gasteiger partial charge in [-0.2, -0.15) is 0 Å². The highest BCUT2D eigenvalue weighted by Gasteiger charge is 2.24. The van der Waals surface area contributed by atoms with Crippen molar-refractivity contribution in [3.05, 3.63) is 48.0 Å². The zero-order chi connectivity index (χ0) is 19.2. The SMILES string of the molecule is C#CCNc1cc(C(=O)OCC)cc(S(N)(=O)=O)c1Oc1ccccc1. The Morgan fingerprint density at radius 3 is 2.54 bits per heavy atom. The van der Waals surface area contributed by atoms with Gasteiger partial charge in [0, 0.05) is 0 Å². The number of anilines is 1. The molecule has 0 radical (unpaired) electrons. The van der Waals surface area contributed by atoms with Crippen molar-refractivity contribution < 1.29 is 22.7 Å². The fraction of sp³-hybridized carbons (Fsp3) is 0.167. The molecule has 26 heavy (non-hydrogen) atoms. The van der Waals surface area contributed by atoms with Crippen LogP contribution in [0.15, 0.2) is 47.4 Å². The number of nitrogens with two attached hydrogens (primary N) is 1. The number of carbonyl (C=O) groups is 1. The van der Waals surface area contributed by atoms with Crippen molar-refractivity contribution in [1.29, 1.82) is 0 Å². The second-order valence-corrected chi connectivity index (χ2v) is 6.62. The number of carbonyl (C=O) groups excluding carboxylic acids is 1. The van der Waals surface area contributed by atoms with Gasteiger partial charge in [-0.3, -0.25) is 0 Å². The van der Waals surface area contributed by atoms with Crippen LogP contribution in [0.3, 0.4) is 0 Å². The van der Waals surface area contributed by atoms with E-state index < -0.39 is 16.0 Å². The van der Waals surface area contributed by atoms with Gasteiger partial charge in [-0.25, -0.2) is 18.4 Å². The minimum atomic E-state index is -4.20. The molecule has 7 nitrogen and oxygen atoms in total. The van der Waals surface area contributed by atoms with Crippen LogP contribution in [0.5, 0.6) is 11.5 Å². The highest BCUT2D eigenvalue weighted by atomic mass is 32.2. The fourth-order valence-corrected chi connectivity index (χ4v) is 2.84. The van der Waals surface area contributed by atoms with Crippen LogP contribution in [0.2, 0.25) is 0 Å². The number of nitrogens with one attached hydrogen (secondary N) is 1. The van der Waals surface area contributed by atoms with Crippen molar-refractivity contribution in [3.63, 3.8) is 0 Å². The summed E-state index contributed by atoms with van der Waals surface area (Å²) in [7, 11) is -4.20. The number of hydrogen-bond donors (Lipinski definition) is 2. The summed E-state index contributed by atoms with van der Waals surface area (Å²) >= 11 is 0. The molecule has 0 aliphatic heterocycles. The number of primary sulfonamides is 1. The molecular weight excluding hydrogens is 356 g/mol. The highest BCUT2D eigenvalue weighted by molar-refractivity contribution is 7.89. The summed E-state index contributed by atoms with van der Waals surface area (Å²) in [6.07, 6.45) is 5.26. The van der Waals surface area contributed by atoms with Crippen molar-refractivity contribution in [2.24, 2.45) is 5.14 Å². The Hall–Kier alpha value is -3.02. The molecule has 0 aliphatic rings. The van der Waals surface area contributed by atoms with Gasteiger partial charge < -0.3 is 14.8 Å². The molecule has 0 bridgehead atoms. The van der Waals surface area contributed by atoms with Gasteiger partial charge in [-0.1, -0.05) is 24.1 Å². The summed E-state index contributed by atoms with van der Waals surface area (Å²) in [5, 5.41) is 8.17. The topological polar surface area (TPSA) is 108 Å². The Morgan fingerprint density at radius 2 is 1.96 bits per heavy atom. The highest BCUT2D eigenvalue weighted by Crippen LogP contribution is 2.37. The number of para-hydroxylation sites is 1. The summed E-state index contributed by atoms with van der Waals surface area (Å²) in [5.41, 5.74) is 0.220. The van der Waals surface area contributed by atoms with Crippen LogP contribution in [0, 0.1) is 12.3 Å². The van der Waals surface area contributed by atoms with E-state index in [9.17, 15) is 13.2 Å². The number of benzene rings is 2. The van der Waals surface area contributed by atoms with Crippen LogP contribution >= 0.6 is 0 Å². The molecule has 0 atom stereocenters. The first kappa shape index (κ1) is 19.3. The third-order valence-corrected chi connectivity index (χ3v) is 4.13. The maximum Gasteiger partial charge on any atom is 0.338 e. The molecule has 2 aromatic carbocycles. The second-order valence-electron chi connectivity index (χ2n) is 5.09. The van der Waals surface area contributed by atoms with Crippen LogP contribution in [-0.4, -0.2) is 27.5 Å². The van der Waals surface area contributed by atoms with Crippen LogP contribution < -0.4 is 15.2 Å². The first-order valence-electron chi connectivity index (χ1n) is 7.65. The van der Waals surface area contributed by atoms with Crippen LogP contribution in [-0.2, 0) is 14.8 Å². The number of terminal acetylenes is 1. The molecule has 0 unspecified atom stereocenters. The Morgan fingerprint density at radius 1 is 1.27 bits per heavy atom. The van der Waals surface area contributed by atoms with Crippen LogP contribution in [0.25, 0.3) is 0 Å².